The van der Waals surface area contributed by atoms with E-state index in [-0.39, 0.29) is 11.7 Å². The number of ether oxygens (including phenoxy) is 1. The standard InChI is InChI=1S/C18H18N4O3S/c1-11(23)12-8-15(19-10-12)17(24)20-13-2-3-14-16(9-13)26-18(21-14)22-4-6-25-7-5-22/h2-3,8-10,19H,4-7H2,1H3,(H,20,24). The number of benzene rings is 1. The summed E-state index contributed by atoms with van der Waals surface area (Å²) in [6.45, 7) is 4.59. The van der Waals surface area contributed by atoms with Gasteiger partial charge in [-0.05, 0) is 31.2 Å². The van der Waals surface area contributed by atoms with E-state index in [9.17, 15) is 9.59 Å². The molecule has 1 amide bonds. The van der Waals surface area contributed by atoms with E-state index in [1.165, 1.54) is 13.1 Å². The Morgan fingerprint density at radius 3 is 2.81 bits per heavy atom. The molecule has 4 rings (SSSR count). The fourth-order valence-corrected chi connectivity index (χ4v) is 3.86. The highest BCUT2D eigenvalue weighted by molar-refractivity contribution is 7.22. The van der Waals surface area contributed by atoms with Crippen molar-refractivity contribution in [3.63, 3.8) is 0 Å². The van der Waals surface area contributed by atoms with Crippen molar-refractivity contribution >= 4 is 44.1 Å². The maximum Gasteiger partial charge on any atom is 0.272 e. The van der Waals surface area contributed by atoms with Crippen LogP contribution >= 0.6 is 11.3 Å². The molecule has 134 valence electrons. The molecule has 7 nitrogen and oxygen atoms in total. The number of fused-ring (bicyclic) bond motifs is 1. The molecule has 0 saturated carbocycles. The van der Waals surface area contributed by atoms with Gasteiger partial charge in [0.2, 0.25) is 0 Å². The first kappa shape index (κ1) is 16.7. The molecule has 1 saturated heterocycles. The summed E-state index contributed by atoms with van der Waals surface area (Å²) in [4.78, 5) is 33.4. The number of aromatic nitrogens is 2. The predicted octanol–water partition coefficient (Wildman–Crippen LogP) is 2.92. The molecule has 1 aliphatic heterocycles. The Labute approximate surface area is 154 Å². The van der Waals surface area contributed by atoms with Crippen LogP contribution in [0.3, 0.4) is 0 Å². The zero-order chi connectivity index (χ0) is 18.1. The highest BCUT2D eigenvalue weighted by Gasteiger charge is 2.16. The topological polar surface area (TPSA) is 87.3 Å². The molecule has 0 spiro atoms. The second kappa shape index (κ2) is 6.89. The Bertz CT molecular complexity index is 972. The van der Waals surface area contributed by atoms with E-state index >= 15 is 0 Å². The third-order valence-corrected chi connectivity index (χ3v) is 5.33. The van der Waals surface area contributed by atoms with Gasteiger partial charge in [-0.3, -0.25) is 9.59 Å². The average Bonchev–Trinajstić information content (AvgIpc) is 3.29. The number of hydrogen-bond acceptors (Lipinski definition) is 6. The molecule has 8 heteroatoms. The Morgan fingerprint density at radius 1 is 1.27 bits per heavy atom. The first-order valence-corrected chi connectivity index (χ1v) is 9.16. The molecule has 26 heavy (non-hydrogen) atoms. The number of rotatable bonds is 4. The molecule has 0 bridgehead atoms. The molecule has 2 aromatic heterocycles. The molecule has 1 fully saturated rings. The Hall–Kier alpha value is -2.71. The molecule has 0 unspecified atom stereocenters. The number of nitrogens with zero attached hydrogens (tertiary/aromatic N) is 2. The third-order valence-electron chi connectivity index (χ3n) is 4.25. The van der Waals surface area contributed by atoms with Crippen LogP contribution in [0.4, 0.5) is 10.8 Å². The molecule has 1 aromatic carbocycles. The molecular formula is C18H18N4O3S. The minimum absolute atomic E-state index is 0.0815. The van der Waals surface area contributed by atoms with E-state index in [0.29, 0.717) is 16.9 Å². The lowest BCUT2D eigenvalue weighted by molar-refractivity contribution is 0.101. The summed E-state index contributed by atoms with van der Waals surface area (Å²) < 4.78 is 6.39. The van der Waals surface area contributed by atoms with Crippen molar-refractivity contribution in [2.24, 2.45) is 0 Å². The van der Waals surface area contributed by atoms with Gasteiger partial charge in [0.15, 0.2) is 10.9 Å². The Morgan fingerprint density at radius 2 is 2.08 bits per heavy atom. The molecule has 3 heterocycles. The number of morpholine rings is 1. The zero-order valence-electron chi connectivity index (χ0n) is 14.2. The fraction of sp³-hybridized carbons (Fsp3) is 0.278. The minimum Gasteiger partial charge on any atom is -0.378 e. The highest BCUT2D eigenvalue weighted by Crippen LogP contribution is 2.31. The average molecular weight is 370 g/mol. The Kier molecular flexibility index (Phi) is 4.44. The van der Waals surface area contributed by atoms with E-state index in [1.54, 1.807) is 17.4 Å². The lowest BCUT2D eigenvalue weighted by Gasteiger charge is -2.25. The zero-order valence-corrected chi connectivity index (χ0v) is 15.1. The largest absolute Gasteiger partial charge is 0.378 e. The second-order valence-corrected chi connectivity index (χ2v) is 7.10. The van der Waals surface area contributed by atoms with Crippen LogP contribution in [-0.4, -0.2) is 48.0 Å². The number of ketones is 1. The van der Waals surface area contributed by atoms with Gasteiger partial charge in [-0.15, -0.1) is 0 Å². The normalized spacial score (nSPS) is 14.6. The monoisotopic (exact) mass is 370 g/mol. The summed E-state index contributed by atoms with van der Waals surface area (Å²) in [5, 5.41) is 3.83. The first-order chi connectivity index (χ1) is 12.6. The molecule has 0 atom stereocenters. The molecule has 1 aliphatic rings. The first-order valence-electron chi connectivity index (χ1n) is 8.34. The number of carbonyl (C=O) groups excluding carboxylic acids is 2. The van der Waals surface area contributed by atoms with E-state index in [4.69, 9.17) is 4.74 Å². The van der Waals surface area contributed by atoms with Crippen molar-refractivity contribution in [2.75, 3.05) is 36.5 Å². The van der Waals surface area contributed by atoms with Gasteiger partial charge in [-0.2, -0.15) is 0 Å². The summed E-state index contributed by atoms with van der Waals surface area (Å²) >= 11 is 1.60. The van der Waals surface area contributed by atoms with Crippen molar-refractivity contribution in [3.05, 3.63) is 41.7 Å². The molecule has 3 aromatic rings. The van der Waals surface area contributed by atoms with Gasteiger partial charge in [0.1, 0.15) is 5.69 Å². The van der Waals surface area contributed by atoms with Crippen LogP contribution in [0, 0.1) is 0 Å². The van der Waals surface area contributed by atoms with Gasteiger partial charge in [0, 0.05) is 30.5 Å². The number of thiazole rings is 1. The van der Waals surface area contributed by atoms with E-state index in [1.807, 2.05) is 18.2 Å². The van der Waals surface area contributed by atoms with Crippen LogP contribution in [0.1, 0.15) is 27.8 Å². The summed E-state index contributed by atoms with van der Waals surface area (Å²) in [5.74, 6) is -0.364. The van der Waals surface area contributed by atoms with Gasteiger partial charge in [0.05, 0.1) is 23.4 Å². The third kappa shape index (κ3) is 3.33. The Balaban J connectivity index is 1.52. The predicted molar refractivity (Wildman–Crippen MR) is 101 cm³/mol. The van der Waals surface area contributed by atoms with Gasteiger partial charge >= 0.3 is 0 Å². The SMILES string of the molecule is CC(=O)c1c[nH]c(C(=O)Nc2ccc3nc(N4CCOCC4)sc3c2)c1. The lowest BCUT2D eigenvalue weighted by Crippen LogP contribution is -2.36. The van der Waals surface area contributed by atoms with Gasteiger partial charge in [-0.25, -0.2) is 4.98 Å². The number of amides is 1. The van der Waals surface area contributed by atoms with Gasteiger partial charge in [0.25, 0.3) is 5.91 Å². The number of nitrogens with one attached hydrogen (secondary N) is 2. The highest BCUT2D eigenvalue weighted by atomic mass is 32.1. The molecule has 2 N–H and O–H groups in total. The van der Waals surface area contributed by atoms with Gasteiger partial charge < -0.3 is 19.9 Å². The van der Waals surface area contributed by atoms with Gasteiger partial charge in [-0.1, -0.05) is 11.3 Å². The van der Waals surface area contributed by atoms with Crippen molar-refractivity contribution in [1.82, 2.24) is 9.97 Å². The smallest absolute Gasteiger partial charge is 0.272 e. The maximum atomic E-state index is 12.4. The summed E-state index contributed by atoms with van der Waals surface area (Å²) in [6.07, 6.45) is 1.54. The maximum absolute atomic E-state index is 12.4. The van der Waals surface area contributed by atoms with Crippen LogP contribution in [-0.2, 0) is 4.74 Å². The molecule has 0 aliphatic carbocycles. The number of carbonyl (C=O) groups is 2. The number of anilines is 2. The number of Topliss-reactive ketones (excluding diaryl/α,β-unsaturated/α-hetero) is 1. The van der Waals surface area contributed by atoms with Crippen molar-refractivity contribution < 1.29 is 14.3 Å². The van der Waals surface area contributed by atoms with E-state index in [2.05, 4.69) is 20.2 Å². The summed E-state index contributed by atoms with van der Waals surface area (Å²) in [6, 6.07) is 7.21. The number of hydrogen-bond donors (Lipinski definition) is 2. The second-order valence-electron chi connectivity index (χ2n) is 6.09. The van der Waals surface area contributed by atoms with Crippen molar-refractivity contribution in [1.29, 1.82) is 0 Å². The minimum atomic E-state index is -0.283. The van der Waals surface area contributed by atoms with Crippen LogP contribution in [0.25, 0.3) is 10.2 Å². The van der Waals surface area contributed by atoms with E-state index < -0.39 is 0 Å². The number of aromatic amines is 1. The quantitative estimate of drug-likeness (QED) is 0.690. The molecule has 0 radical (unpaired) electrons. The summed E-state index contributed by atoms with van der Waals surface area (Å²) in [7, 11) is 0. The van der Waals surface area contributed by atoms with Crippen LogP contribution in [0.5, 0.6) is 0 Å². The summed E-state index contributed by atoms with van der Waals surface area (Å²) in [5.41, 5.74) is 2.45. The van der Waals surface area contributed by atoms with Crippen molar-refractivity contribution in [2.45, 2.75) is 6.92 Å². The van der Waals surface area contributed by atoms with Crippen molar-refractivity contribution in [3.8, 4) is 0 Å². The van der Waals surface area contributed by atoms with Crippen LogP contribution in [0.2, 0.25) is 0 Å². The number of H-pyrrole nitrogens is 1. The van der Waals surface area contributed by atoms with E-state index in [0.717, 1.165) is 41.7 Å². The fourth-order valence-electron chi connectivity index (χ4n) is 2.81. The molecular weight excluding hydrogens is 352 g/mol. The van der Waals surface area contributed by atoms with Crippen LogP contribution in [0.15, 0.2) is 30.5 Å². The van der Waals surface area contributed by atoms with Crippen LogP contribution < -0.4 is 10.2 Å². The lowest BCUT2D eigenvalue weighted by atomic mass is 10.2.